The van der Waals surface area contributed by atoms with E-state index >= 15 is 0 Å². The largest absolute Gasteiger partial charge is 0.481 e. The number of nitrogens with zero attached hydrogens (tertiary/aromatic N) is 3. The summed E-state index contributed by atoms with van der Waals surface area (Å²) in [5, 5.41) is 0. The van der Waals surface area contributed by atoms with Gasteiger partial charge in [0.1, 0.15) is 18.2 Å². The Kier molecular flexibility index (Phi) is 7.20. The van der Waals surface area contributed by atoms with Crippen molar-refractivity contribution in [2.45, 2.75) is 38.8 Å². The van der Waals surface area contributed by atoms with E-state index in [1.54, 1.807) is 18.2 Å². The molecule has 0 aliphatic carbocycles. The van der Waals surface area contributed by atoms with Gasteiger partial charge in [-0.2, -0.15) is 4.31 Å². The van der Waals surface area contributed by atoms with Crippen LogP contribution in [0.25, 0.3) is 11.0 Å². The number of carbonyl (C=O) groups is 1. The van der Waals surface area contributed by atoms with Crippen molar-refractivity contribution in [3.8, 4) is 5.75 Å². The number of imidazole rings is 1. The molecule has 1 fully saturated rings. The number of aryl methyl sites for hydroxylation is 3. The number of benzene rings is 2. The average molecular weight is 488 g/mol. The lowest BCUT2D eigenvalue weighted by molar-refractivity contribution is -0.147. The van der Waals surface area contributed by atoms with Crippen molar-refractivity contribution in [1.82, 2.24) is 13.9 Å². The van der Waals surface area contributed by atoms with Gasteiger partial charge in [-0.05, 0) is 50.1 Å². The molecule has 0 amide bonds. The SMILES string of the molecule is CCn1c(COC(=O)COc2c(C)cccc2C)nc2cc(S(=O)(=O)N3CCOCC3)ccc21. The Bertz CT molecular complexity index is 1280. The molecule has 0 radical (unpaired) electrons. The Morgan fingerprint density at radius 2 is 1.82 bits per heavy atom. The second-order valence-electron chi connectivity index (χ2n) is 8.11. The van der Waals surface area contributed by atoms with Crippen molar-refractivity contribution in [3.63, 3.8) is 0 Å². The number of hydrogen-bond donors (Lipinski definition) is 0. The highest BCUT2D eigenvalue weighted by atomic mass is 32.2. The number of fused-ring (bicyclic) bond motifs is 1. The van der Waals surface area contributed by atoms with Crippen LogP contribution in [0, 0.1) is 13.8 Å². The van der Waals surface area contributed by atoms with Crippen LogP contribution >= 0.6 is 0 Å². The first-order chi connectivity index (χ1) is 16.3. The molecular weight excluding hydrogens is 458 g/mol. The van der Waals surface area contributed by atoms with E-state index in [-0.39, 0.29) is 18.1 Å². The molecule has 0 N–H and O–H groups in total. The molecule has 34 heavy (non-hydrogen) atoms. The number of hydrogen-bond acceptors (Lipinski definition) is 7. The molecule has 1 aliphatic heterocycles. The molecule has 1 aromatic heterocycles. The molecule has 0 saturated carbocycles. The Morgan fingerprint density at radius 3 is 2.50 bits per heavy atom. The van der Waals surface area contributed by atoms with Crippen LogP contribution in [0.1, 0.15) is 23.9 Å². The monoisotopic (exact) mass is 487 g/mol. The molecule has 0 bridgehead atoms. The van der Waals surface area contributed by atoms with Crippen LogP contribution in [0.3, 0.4) is 0 Å². The molecule has 1 aliphatic rings. The molecule has 4 rings (SSSR count). The molecule has 9 nitrogen and oxygen atoms in total. The quantitative estimate of drug-likeness (QED) is 0.451. The van der Waals surface area contributed by atoms with Gasteiger partial charge in [0.2, 0.25) is 10.0 Å². The molecular formula is C24H29N3O6S. The van der Waals surface area contributed by atoms with Crippen LogP contribution < -0.4 is 4.74 Å². The third-order valence-corrected chi connectivity index (χ3v) is 7.72. The van der Waals surface area contributed by atoms with Crippen molar-refractivity contribution in [2.24, 2.45) is 0 Å². The lowest BCUT2D eigenvalue weighted by atomic mass is 10.1. The Morgan fingerprint density at radius 1 is 1.12 bits per heavy atom. The van der Waals surface area contributed by atoms with E-state index in [1.807, 2.05) is 43.5 Å². The van der Waals surface area contributed by atoms with Gasteiger partial charge in [0.25, 0.3) is 0 Å². The Balaban J connectivity index is 1.47. The summed E-state index contributed by atoms with van der Waals surface area (Å²) in [6, 6.07) is 10.7. The number of morpholine rings is 1. The van der Waals surface area contributed by atoms with Gasteiger partial charge in [-0.15, -0.1) is 0 Å². The number of ether oxygens (including phenoxy) is 3. The van der Waals surface area contributed by atoms with Crippen molar-refractivity contribution in [2.75, 3.05) is 32.9 Å². The first kappa shape index (κ1) is 24.2. The minimum atomic E-state index is -3.63. The topological polar surface area (TPSA) is 100.0 Å². The van der Waals surface area contributed by atoms with Gasteiger partial charge in [-0.3, -0.25) is 0 Å². The molecule has 182 valence electrons. The lowest BCUT2D eigenvalue weighted by Crippen LogP contribution is -2.40. The zero-order chi connectivity index (χ0) is 24.3. The van der Waals surface area contributed by atoms with Crippen LogP contribution in [-0.2, 0) is 37.4 Å². The maximum atomic E-state index is 13.0. The summed E-state index contributed by atoms with van der Waals surface area (Å²) < 4.78 is 45.7. The molecule has 10 heteroatoms. The van der Waals surface area contributed by atoms with Gasteiger partial charge in [0.05, 0.1) is 29.1 Å². The molecule has 0 spiro atoms. The summed E-state index contributed by atoms with van der Waals surface area (Å²) in [5.74, 6) is 0.709. The van der Waals surface area contributed by atoms with Crippen molar-refractivity contribution in [1.29, 1.82) is 0 Å². The maximum Gasteiger partial charge on any atom is 0.344 e. The summed E-state index contributed by atoms with van der Waals surface area (Å²) >= 11 is 0. The van der Waals surface area contributed by atoms with Crippen LogP contribution in [0.4, 0.5) is 0 Å². The van der Waals surface area contributed by atoms with Crippen molar-refractivity contribution in [3.05, 3.63) is 53.3 Å². The number of aromatic nitrogens is 2. The van der Waals surface area contributed by atoms with Gasteiger partial charge in [0.15, 0.2) is 6.61 Å². The number of rotatable bonds is 8. The molecule has 2 aromatic carbocycles. The fourth-order valence-corrected chi connectivity index (χ4v) is 5.49. The molecule has 0 atom stereocenters. The van der Waals surface area contributed by atoms with Gasteiger partial charge >= 0.3 is 5.97 Å². The molecule has 2 heterocycles. The van der Waals surface area contributed by atoms with Gasteiger partial charge < -0.3 is 18.8 Å². The fraction of sp³-hybridized carbons (Fsp3) is 0.417. The number of esters is 1. The van der Waals surface area contributed by atoms with E-state index in [9.17, 15) is 13.2 Å². The van der Waals surface area contributed by atoms with E-state index in [4.69, 9.17) is 14.2 Å². The Labute approximate surface area is 199 Å². The van der Waals surface area contributed by atoms with Crippen molar-refractivity contribution < 1.29 is 27.4 Å². The highest BCUT2D eigenvalue weighted by Gasteiger charge is 2.27. The highest BCUT2D eigenvalue weighted by Crippen LogP contribution is 2.25. The number of para-hydroxylation sites is 1. The van der Waals surface area contributed by atoms with E-state index < -0.39 is 16.0 Å². The lowest BCUT2D eigenvalue weighted by Gasteiger charge is -2.26. The van der Waals surface area contributed by atoms with Gasteiger partial charge in [-0.1, -0.05) is 18.2 Å². The zero-order valence-corrected chi connectivity index (χ0v) is 20.4. The minimum Gasteiger partial charge on any atom is -0.481 e. The zero-order valence-electron chi connectivity index (χ0n) is 19.6. The van der Waals surface area contributed by atoms with Crippen LogP contribution in [0.15, 0.2) is 41.3 Å². The first-order valence-corrected chi connectivity index (χ1v) is 12.7. The van der Waals surface area contributed by atoms with Gasteiger partial charge in [0, 0.05) is 19.6 Å². The smallest absolute Gasteiger partial charge is 0.344 e. The summed E-state index contributed by atoms with van der Waals surface area (Å²) in [6.45, 7) is 7.57. The van der Waals surface area contributed by atoms with Crippen LogP contribution in [0.2, 0.25) is 0 Å². The standard InChI is InChI=1S/C24H29N3O6S/c1-4-27-21-9-8-19(34(29,30)26-10-12-31-13-11-26)14-20(21)25-22(27)15-32-23(28)16-33-24-17(2)6-5-7-18(24)3/h5-9,14H,4,10-13,15-16H2,1-3H3. The molecule has 1 saturated heterocycles. The summed E-state index contributed by atoms with van der Waals surface area (Å²) in [4.78, 5) is 17.1. The highest BCUT2D eigenvalue weighted by molar-refractivity contribution is 7.89. The van der Waals surface area contributed by atoms with Gasteiger partial charge in [-0.25, -0.2) is 18.2 Å². The fourth-order valence-electron chi connectivity index (χ4n) is 4.06. The summed E-state index contributed by atoms with van der Waals surface area (Å²) in [7, 11) is -3.63. The molecule has 0 unspecified atom stereocenters. The third-order valence-electron chi connectivity index (χ3n) is 5.83. The second-order valence-corrected chi connectivity index (χ2v) is 10.0. The predicted octanol–water partition coefficient (Wildman–Crippen LogP) is 2.82. The van der Waals surface area contributed by atoms with Crippen LogP contribution in [0.5, 0.6) is 5.75 Å². The van der Waals surface area contributed by atoms with E-state index in [1.165, 1.54) is 4.31 Å². The first-order valence-electron chi connectivity index (χ1n) is 11.2. The summed E-state index contributed by atoms with van der Waals surface area (Å²) in [6.07, 6.45) is 0. The number of carbonyl (C=O) groups excluding carboxylic acids is 1. The average Bonchev–Trinajstić information content (AvgIpc) is 3.19. The van der Waals surface area contributed by atoms with E-state index in [0.717, 1.165) is 16.6 Å². The van der Waals surface area contributed by atoms with E-state index in [2.05, 4.69) is 4.98 Å². The van der Waals surface area contributed by atoms with Crippen LogP contribution in [-0.4, -0.2) is 61.2 Å². The number of sulfonamides is 1. The third kappa shape index (κ3) is 4.94. The minimum absolute atomic E-state index is 0.0387. The van der Waals surface area contributed by atoms with E-state index in [0.29, 0.717) is 49.9 Å². The second kappa shape index (κ2) is 10.1. The summed E-state index contributed by atoms with van der Waals surface area (Å²) in [5.41, 5.74) is 3.21. The predicted molar refractivity (Wildman–Crippen MR) is 126 cm³/mol. The maximum absolute atomic E-state index is 13.0. The normalized spacial score (nSPS) is 14.9. The molecule has 3 aromatic rings. The van der Waals surface area contributed by atoms with Crippen molar-refractivity contribution >= 4 is 27.0 Å². The Hall–Kier alpha value is -2.95.